The maximum absolute atomic E-state index is 3.75. The van der Waals surface area contributed by atoms with E-state index < -0.39 is 0 Å². The lowest BCUT2D eigenvalue weighted by molar-refractivity contribution is 1.07. The molecule has 0 radical (unpaired) electrons. The monoisotopic (exact) mass is 111 g/mol. The van der Waals surface area contributed by atoms with Crippen molar-refractivity contribution >= 4 is 5.82 Å². The molecule has 0 bridgehead atoms. The van der Waals surface area contributed by atoms with Crippen LogP contribution in [0.25, 0.3) is 0 Å². The number of nitrogens with one attached hydrogen (secondary N) is 2. The Morgan fingerprint density at radius 3 is 3.25 bits per heavy atom. The zero-order chi connectivity index (χ0) is 5.82. The summed E-state index contributed by atoms with van der Waals surface area (Å²) in [5, 5.41) is 9.60. The average Bonchev–Trinajstić information content (AvgIpc) is 2.19. The van der Waals surface area contributed by atoms with E-state index in [-0.39, 0.29) is 0 Å². The number of aromatic amines is 1. The molecule has 0 spiro atoms. The number of H-pyrrole nitrogens is 1. The molecule has 0 aromatic carbocycles. The van der Waals surface area contributed by atoms with Crippen molar-refractivity contribution in [1.82, 2.24) is 10.2 Å². The van der Waals surface area contributed by atoms with Crippen molar-refractivity contribution in [3.63, 3.8) is 0 Å². The maximum Gasteiger partial charge on any atom is 0.121 e. The molecular weight excluding hydrogens is 102 g/mol. The van der Waals surface area contributed by atoms with Crippen molar-refractivity contribution in [2.45, 2.75) is 6.92 Å². The van der Waals surface area contributed by atoms with Gasteiger partial charge in [0.05, 0.1) is 6.20 Å². The third-order valence-corrected chi connectivity index (χ3v) is 0.868. The summed E-state index contributed by atoms with van der Waals surface area (Å²) in [6.07, 6.45) is 1.72. The molecule has 8 heavy (non-hydrogen) atoms. The number of nitrogens with zero attached hydrogens (tertiary/aromatic N) is 1. The number of aromatic nitrogens is 2. The van der Waals surface area contributed by atoms with Crippen molar-refractivity contribution in [3.05, 3.63) is 12.3 Å². The lowest BCUT2D eigenvalue weighted by atomic mass is 10.6. The molecule has 1 heterocycles. The predicted octanol–water partition coefficient (Wildman–Crippen LogP) is 0.841. The van der Waals surface area contributed by atoms with E-state index in [0.29, 0.717) is 0 Å². The van der Waals surface area contributed by atoms with Crippen LogP contribution in [0.15, 0.2) is 12.3 Å². The summed E-state index contributed by atoms with van der Waals surface area (Å²) in [4.78, 5) is 0. The van der Waals surface area contributed by atoms with Crippen molar-refractivity contribution < 1.29 is 0 Å². The van der Waals surface area contributed by atoms with E-state index in [4.69, 9.17) is 0 Å². The first-order chi connectivity index (χ1) is 3.93. The van der Waals surface area contributed by atoms with Gasteiger partial charge in [-0.3, -0.25) is 5.10 Å². The molecule has 1 aromatic heterocycles. The lowest BCUT2D eigenvalue weighted by Gasteiger charge is -1.93. The Balaban J connectivity index is 2.50. The van der Waals surface area contributed by atoms with Crippen LogP contribution >= 0.6 is 0 Å². The van der Waals surface area contributed by atoms with Gasteiger partial charge in [0.25, 0.3) is 0 Å². The van der Waals surface area contributed by atoms with Gasteiger partial charge in [-0.05, 0) is 13.0 Å². The van der Waals surface area contributed by atoms with Gasteiger partial charge in [-0.1, -0.05) is 0 Å². The van der Waals surface area contributed by atoms with Crippen LogP contribution in [0.2, 0.25) is 0 Å². The minimum atomic E-state index is 0.933. The SMILES string of the molecule is CCNc1ccn[nH]1. The lowest BCUT2D eigenvalue weighted by Crippen LogP contribution is -1.95. The maximum atomic E-state index is 3.75. The highest BCUT2D eigenvalue weighted by atomic mass is 15.2. The molecular formula is C5H9N3. The summed E-state index contributed by atoms with van der Waals surface area (Å²) in [6.45, 7) is 2.98. The van der Waals surface area contributed by atoms with Gasteiger partial charge in [-0.25, -0.2) is 0 Å². The van der Waals surface area contributed by atoms with Crippen LogP contribution in [0.3, 0.4) is 0 Å². The first-order valence-electron chi connectivity index (χ1n) is 2.66. The van der Waals surface area contributed by atoms with Crippen LogP contribution in [0.5, 0.6) is 0 Å². The Morgan fingerprint density at radius 1 is 1.88 bits per heavy atom. The number of anilines is 1. The van der Waals surface area contributed by atoms with Crippen molar-refractivity contribution in [1.29, 1.82) is 0 Å². The average molecular weight is 111 g/mol. The summed E-state index contributed by atoms with van der Waals surface area (Å²) < 4.78 is 0. The van der Waals surface area contributed by atoms with E-state index >= 15 is 0 Å². The molecule has 0 amide bonds. The van der Waals surface area contributed by atoms with Crippen LogP contribution in [0, 0.1) is 0 Å². The number of rotatable bonds is 2. The van der Waals surface area contributed by atoms with Gasteiger partial charge in [-0.15, -0.1) is 0 Å². The summed E-state index contributed by atoms with van der Waals surface area (Å²) in [5.41, 5.74) is 0. The van der Waals surface area contributed by atoms with E-state index in [0.717, 1.165) is 12.4 Å². The van der Waals surface area contributed by atoms with E-state index in [2.05, 4.69) is 15.5 Å². The van der Waals surface area contributed by atoms with Crippen LogP contribution in [0.4, 0.5) is 5.82 Å². The summed E-state index contributed by atoms with van der Waals surface area (Å²) in [7, 11) is 0. The molecule has 0 saturated carbocycles. The molecule has 0 aliphatic carbocycles. The molecule has 0 atom stereocenters. The van der Waals surface area contributed by atoms with Crippen LogP contribution in [-0.4, -0.2) is 16.7 Å². The molecule has 0 saturated heterocycles. The Bertz CT molecular complexity index is 133. The highest BCUT2D eigenvalue weighted by Crippen LogP contribution is 1.95. The molecule has 1 rings (SSSR count). The zero-order valence-corrected chi connectivity index (χ0v) is 4.81. The summed E-state index contributed by atoms with van der Waals surface area (Å²) in [6, 6.07) is 1.89. The third kappa shape index (κ3) is 0.992. The second kappa shape index (κ2) is 2.35. The van der Waals surface area contributed by atoms with Gasteiger partial charge in [0.2, 0.25) is 0 Å². The van der Waals surface area contributed by atoms with Gasteiger partial charge in [0.15, 0.2) is 0 Å². The van der Waals surface area contributed by atoms with Gasteiger partial charge in [-0.2, -0.15) is 5.10 Å². The Labute approximate surface area is 48.1 Å². The highest BCUT2D eigenvalue weighted by Gasteiger charge is 1.83. The minimum Gasteiger partial charge on any atom is -0.371 e. The van der Waals surface area contributed by atoms with Crippen LogP contribution in [-0.2, 0) is 0 Å². The standard InChI is InChI=1S/C5H9N3/c1-2-6-5-3-4-7-8-5/h3-4H,2H2,1H3,(H2,6,7,8). The van der Waals surface area contributed by atoms with Gasteiger partial charge in [0, 0.05) is 6.54 Å². The topological polar surface area (TPSA) is 40.7 Å². The molecule has 44 valence electrons. The Morgan fingerprint density at radius 2 is 2.75 bits per heavy atom. The van der Waals surface area contributed by atoms with Gasteiger partial charge < -0.3 is 5.32 Å². The fourth-order valence-electron chi connectivity index (χ4n) is 0.545. The van der Waals surface area contributed by atoms with E-state index in [1.165, 1.54) is 0 Å². The predicted molar refractivity (Wildman–Crippen MR) is 32.8 cm³/mol. The minimum absolute atomic E-state index is 0.933. The molecule has 3 heteroatoms. The Kier molecular flexibility index (Phi) is 1.51. The zero-order valence-electron chi connectivity index (χ0n) is 4.81. The molecule has 0 aliphatic heterocycles. The molecule has 2 N–H and O–H groups in total. The molecule has 1 aromatic rings. The van der Waals surface area contributed by atoms with Crippen molar-refractivity contribution in [3.8, 4) is 0 Å². The van der Waals surface area contributed by atoms with Crippen LogP contribution in [0.1, 0.15) is 6.92 Å². The number of hydrogen-bond donors (Lipinski definition) is 2. The van der Waals surface area contributed by atoms with Gasteiger partial charge >= 0.3 is 0 Å². The van der Waals surface area contributed by atoms with Crippen molar-refractivity contribution in [2.75, 3.05) is 11.9 Å². The molecule has 0 fully saturated rings. The van der Waals surface area contributed by atoms with E-state index in [1.54, 1.807) is 6.20 Å². The second-order valence-corrected chi connectivity index (χ2v) is 1.50. The third-order valence-electron chi connectivity index (χ3n) is 0.868. The molecule has 0 unspecified atom stereocenters. The first-order valence-corrected chi connectivity index (χ1v) is 2.66. The van der Waals surface area contributed by atoms with E-state index in [1.807, 2.05) is 13.0 Å². The normalized spacial score (nSPS) is 9.12. The fraction of sp³-hybridized carbons (Fsp3) is 0.400. The van der Waals surface area contributed by atoms with Gasteiger partial charge in [0.1, 0.15) is 5.82 Å². The van der Waals surface area contributed by atoms with Crippen LogP contribution < -0.4 is 5.32 Å². The smallest absolute Gasteiger partial charge is 0.121 e. The highest BCUT2D eigenvalue weighted by molar-refractivity contribution is 5.30. The quantitative estimate of drug-likeness (QED) is 0.593. The van der Waals surface area contributed by atoms with E-state index in [9.17, 15) is 0 Å². The second-order valence-electron chi connectivity index (χ2n) is 1.50. The summed E-state index contributed by atoms with van der Waals surface area (Å²) in [5.74, 6) is 0.979. The summed E-state index contributed by atoms with van der Waals surface area (Å²) >= 11 is 0. The van der Waals surface area contributed by atoms with Crippen molar-refractivity contribution in [2.24, 2.45) is 0 Å². The Hall–Kier alpha value is -0.990. The largest absolute Gasteiger partial charge is 0.371 e. The fourth-order valence-corrected chi connectivity index (χ4v) is 0.545. The first kappa shape index (κ1) is 5.15. The molecule has 3 nitrogen and oxygen atoms in total. The molecule has 0 aliphatic rings. The number of hydrogen-bond acceptors (Lipinski definition) is 2.